The van der Waals surface area contributed by atoms with Gasteiger partial charge >= 0.3 is 0 Å². The lowest BCUT2D eigenvalue weighted by atomic mass is 9.87. The van der Waals surface area contributed by atoms with E-state index in [2.05, 4.69) is 57.2 Å². The molecule has 0 N–H and O–H groups in total. The first-order chi connectivity index (χ1) is 9.69. The maximum atomic E-state index is 6.86. The fraction of sp³-hybridized carbons (Fsp3) is 0.474. The van der Waals surface area contributed by atoms with Crippen molar-refractivity contribution in [1.29, 1.82) is 0 Å². The van der Waals surface area contributed by atoms with Gasteiger partial charge in [0, 0.05) is 0 Å². The van der Waals surface area contributed by atoms with Crippen molar-refractivity contribution in [2.75, 3.05) is 0 Å². The lowest BCUT2D eigenvalue weighted by molar-refractivity contribution is 0.427. The maximum Gasteiger partial charge on any atom is 0.0619 e. The highest BCUT2D eigenvalue weighted by Gasteiger charge is 2.21. The summed E-state index contributed by atoms with van der Waals surface area (Å²) in [5.41, 5.74) is 2.63. The largest absolute Gasteiger partial charge is 0.117 e. The number of alkyl halides is 1. The van der Waals surface area contributed by atoms with Gasteiger partial charge < -0.3 is 0 Å². The van der Waals surface area contributed by atoms with Gasteiger partial charge in [-0.1, -0.05) is 63.1 Å². The Kier molecular flexibility index (Phi) is 5.48. The van der Waals surface area contributed by atoms with Gasteiger partial charge in [-0.3, -0.25) is 0 Å². The first-order valence-corrected chi connectivity index (χ1v) is 8.25. The highest BCUT2D eigenvalue weighted by molar-refractivity contribution is 6.22. The third-order valence-electron chi connectivity index (χ3n) is 4.21. The molecule has 0 saturated heterocycles. The maximum absolute atomic E-state index is 6.86. The Morgan fingerprint density at radius 2 is 1.50 bits per heavy atom. The van der Waals surface area contributed by atoms with Crippen LogP contribution in [0.25, 0.3) is 10.8 Å². The molecule has 0 aliphatic carbocycles. The molecule has 20 heavy (non-hydrogen) atoms. The monoisotopic (exact) mass is 288 g/mol. The molecule has 0 aromatic heterocycles. The summed E-state index contributed by atoms with van der Waals surface area (Å²) < 4.78 is 0. The van der Waals surface area contributed by atoms with Crippen LogP contribution in [0.2, 0.25) is 0 Å². The molecule has 2 aromatic rings. The quantitative estimate of drug-likeness (QED) is 0.522. The van der Waals surface area contributed by atoms with E-state index in [0.717, 1.165) is 0 Å². The molecule has 1 heteroatoms. The molecular formula is C19H25Cl. The van der Waals surface area contributed by atoms with Gasteiger partial charge in [0.25, 0.3) is 0 Å². The molecule has 0 nitrogen and oxygen atoms in total. The van der Waals surface area contributed by atoms with Crippen molar-refractivity contribution in [3.63, 3.8) is 0 Å². The number of halogens is 1. The first kappa shape index (κ1) is 15.4. The van der Waals surface area contributed by atoms with Crippen molar-refractivity contribution in [1.82, 2.24) is 0 Å². The fourth-order valence-corrected chi connectivity index (χ4v) is 3.59. The molecule has 0 aliphatic heterocycles. The zero-order valence-corrected chi connectivity index (χ0v) is 13.6. The molecule has 0 amide bonds. The third-order valence-corrected chi connectivity index (χ3v) is 4.80. The minimum absolute atomic E-state index is 0.125. The highest BCUT2D eigenvalue weighted by Crippen LogP contribution is 2.39. The first-order valence-electron chi connectivity index (χ1n) is 7.81. The van der Waals surface area contributed by atoms with Gasteiger partial charge in [-0.2, -0.15) is 0 Å². The molecule has 0 aliphatic rings. The molecule has 0 radical (unpaired) electrons. The number of hydrogen-bond acceptors (Lipinski definition) is 0. The summed E-state index contributed by atoms with van der Waals surface area (Å²) in [4.78, 5) is 0. The van der Waals surface area contributed by atoms with Crippen molar-refractivity contribution >= 4 is 22.4 Å². The van der Waals surface area contributed by atoms with E-state index < -0.39 is 0 Å². The fourth-order valence-electron chi connectivity index (χ4n) is 3.15. The summed E-state index contributed by atoms with van der Waals surface area (Å²) in [5, 5.41) is 2.78. The van der Waals surface area contributed by atoms with E-state index in [1.165, 1.54) is 47.6 Å². The molecule has 1 unspecified atom stereocenters. The lowest BCUT2D eigenvalue weighted by Crippen LogP contribution is -2.08. The van der Waals surface area contributed by atoms with E-state index in [0.29, 0.717) is 5.92 Å². The van der Waals surface area contributed by atoms with E-state index in [9.17, 15) is 0 Å². The Balaban J connectivity index is 2.43. The SMILES string of the molecule is CCCC(CCC)C(Cl)c1ccc(C)c2ccccc12. The Morgan fingerprint density at radius 1 is 0.900 bits per heavy atom. The smallest absolute Gasteiger partial charge is 0.0619 e. The average Bonchev–Trinajstić information content (AvgIpc) is 2.47. The second kappa shape index (κ2) is 7.13. The molecule has 0 fully saturated rings. The molecule has 2 rings (SSSR count). The highest BCUT2D eigenvalue weighted by atomic mass is 35.5. The zero-order valence-electron chi connectivity index (χ0n) is 12.8. The van der Waals surface area contributed by atoms with Gasteiger partial charge in [0.15, 0.2) is 0 Å². The molecule has 1 atom stereocenters. The van der Waals surface area contributed by atoms with Crippen molar-refractivity contribution in [3.05, 3.63) is 47.5 Å². The third kappa shape index (κ3) is 3.17. The van der Waals surface area contributed by atoms with Crippen LogP contribution in [0.15, 0.2) is 36.4 Å². The van der Waals surface area contributed by atoms with Gasteiger partial charge in [0.2, 0.25) is 0 Å². The topological polar surface area (TPSA) is 0 Å². The Morgan fingerprint density at radius 3 is 2.10 bits per heavy atom. The van der Waals surface area contributed by atoms with E-state index in [1.54, 1.807) is 0 Å². The van der Waals surface area contributed by atoms with Crippen LogP contribution in [-0.2, 0) is 0 Å². The van der Waals surface area contributed by atoms with Gasteiger partial charge in [-0.05, 0) is 47.6 Å². The van der Waals surface area contributed by atoms with Crippen LogP contribution in [0.5, 0.6) is 0 Å². The van der Waals surface area contributed by atoms with Gasteiger partial charge in [-0.15, -0.1) is 11.6 Å². The van der Waals surface area contributed by atoms with Gasteiger partial charge in [-0.25, -0.2) is 0 Å². The second-order valence-corrected chi connectivity index (χ2v) is 6.23. The van der Waals surface area contributed by atoms with Gasteiger partial charge in [0.1, 0.15) is 0 Å². The molecule has 108 valence electrons. The molecule has 0 heterocycles. The number of aryl methyl sites for hydroxylation is 1. The number of rotatable bonds is 6. The van der Waals surface area contributed by atoms with Crippen molar-refractivity contribution in [2.45, 2.75) is 51.8 Å². The summed E-state index contributed by atoms with van der Waals surface area (Å²) >= 11 is 6.86. The zero-order chi connectivity index (χ0) is 14.5. The van der Waals surface area contributed by atoms with Crippen LogP contribution < -0.4 is 0 Å². The van der Waals surface area contributed by atoms with Gasteiger partial charge in [0.05, 0.1) is 5.38 Å². The summed E-state index contributed by atoms with van der Waals surface area (Å²) in [6.45, 7) is 6.67. The number of fused-ring (bicyclic) bond motifs is 1. The Labute approximate surface area is 128 Å². The second-order valence-electron chi connectivity index (χ2n) is 5.76. The standard InChI is InChI=1S/C19H25Cl/c1-4-8-15(9-5-2)19(20)18-13-12-14(3)16-10-6-7-11-17(16)18/h6-7,10-13,15,19H,4-5,8-9H2,1-3H3. The minimum Gasteiger partial charge on any atom is -0.117 e. The lowest BCUT2D eigenvalue weighted by Gasteiger charge is -2.23. The van der Waals surface area contributed by atoms with Crippen molar-refractivity contribution < 1.29 is 0 Å². The predicted octanol–water partition coefficient (Wildman–Crippen LogP) is 6.64. The Hall–Kier alpha value is -1.01. The summed E-state index contributed by atoms with van der Waals surface area (Å²) in [6, 6.07) is 13.1. The van der Waals surface area contributed by atoms with E-state index in [-0.39, 0.29) is 5.38 Å². The van der Waals surface area contributed by atoms with Crippen LogP contribution in [0, 0.1) is 12.8 Å². The number of benzene rings is 2. The van der Waals surface area contributed by atoms with Crippen LogP contribution >= 0.6 is 11.6 Å². The summed E-state index contributed by atoms with van der Waals surface area (Å²) in [6.07, 6.45) is 4.84. The van der Waals surface area contributed by atoms with Crippen molar-refractivity contribution in [2.24, 2.45) is 5.92 Å². The summed E-state index contributed by atoms with van der Waals surface area (Å²) in [5.74, 6) is 0.581. The Bertz CT molecular complexity index is 553. The molecular weight excluding hydrogens is 264 g/mol. The van der Waals surface area contributed by atoms with Crippen LogP contribution in [0.4, 0.5) is 0 Å². The van der Waals surface area contributed by atoms with E-state index >= 15 is 0 Å². The van der Waals surface area contributed by atoms with Crippen LogP contribution in [-0.4, -0.2) is 0 Å². The minimum atomic E-state index is 0.125. The molecule has 0 bridgehead atoms. The molecule has 0 spiro atoms. The van der Waals surface area contributed by atoms with E-state index in [4.69, 9.17) is 11.6 Å². The normalized spacial score (nSPS) is 13.1. The molecule has 2 aromatic carbocycles. The van der Waals surface area contributed by atoms with E-state index in [1.807, 2.05) is 0 Å². The summed E-state index contributed by atoms with van der Waals surface area (Å²) in [7, 11) is 0. The van der Waals surface area contributed by atoms with Crippen molar-refractivity contribution in [3.8, 4) is 0 Å². The molecule has 0 saturated carbocycles. The van der Waals surface area contributed by atoms with Crippen LogP contribution in [0.1, 0.15) is 56.0 Å². The predicted molar refractivity (Wildman–Crippen MR) is 90.6 cm³/mol. The average molecular weight is 289 g/mol. The van der Waals surface area contributed by atoms with Crippen LogP contribution in [0.3, 0.4) is 0 Å². The number of hydrogen-bond donors (Lipinski definition) is 0.